The largest absolute Gasteiger partial charge is 0.492 e. The number of methoxy groups -OCH3 is 1. The maximum Gasteiger partial charge on any atom is 0.383 e. The SMILES string of the molecule is COc1cc(Cl)c([N+](=O)[O-])nc1C(F)F. The first-order valence-corrected chi connectivity index (χ1v) is 4.02. The zero-order chi connectivity index (χ0) is 11.6. The molecule has 0 bridgehead atoms. The van der Waals surface area contributed by atoms with E-state index in [0.29, 0.717) is 0 Å². The summed E-state index contributed by atoms with van der Waals surface area (Å²) in [6.07, 6.45) is -2.96. The van der Waals surface area contributed by atoms with Crippen LogP contribution in [-0.4, -0.2) is 17.0 Å². The quantitative estimate of drug-likeness (QED) is 0.600. The highest BCUT2D eigenvalue weighted by Crippen LogP contribution is 2.33. The third kappa shape index (κ3) is 2.30. The first-order valence-electron chi connectivity index (χ1n) is 3.64. The maximum absolute atomic E-state index is 12.4. The molecule has 8 heteroatoms. The normalized spacial score (nSPS) is 10.5. The van der Waals surface area contributed by atoms with Crippen molar-refractivity contribution in [3.8, 4) is 5.75 Å². The number of rotatable bonds is 3. The molecule has 82 valence electrons. The van der Waals surface area contributed by atoms with Crippen molar-refractivity contribution in [1.82, 2.24) is 4.98 Å². The summed E-state index contributed by atoms with van der Waals surface area (Å²) in [4.78, 5) is 12.6. The standard InChI is InChI=1S/C7H5ClF2N2O3/c1-15-4-2-3(8)7(12(13)14)11-5(4)6(9)10/h2,6H,1H3. The molecular formula is C7H5ClF2N2O3. The lowest BCUT2D eigenvalue weighted by Gasteiger charge is -2.04. The lowest BCUT2D eigenvalue weighted by Crippen LogP contribution is -2.01. The number of hydrogen-bond acceptors (Lipinski definition) is 4. The fraction of sp³-hybridized carbons (Fsp3) is 0.286. The summed E-state index contributed by atoms with van der Waals surface area (Å²) in [5, 5.41) is 10.0. The highest BCUT2D eigenvalue weighted by Gasteiger charge is 2.27. The van der Waals surface area contributed by atoms with E-state index < -0.39 is 22.9 Å². The summed E-state index contributed by atoms with van der Waals surface area (Å²) in [7, 11) is 1.14. The van der Waals surface area contributed by atoms with Crippen molar-refractivity contribution in [2.75, 3.05) is 7.11 Å². The van der Waals surface area contributed by atoms with Crippen molar-refractivity contribution in [2.24, 2.45) is 0 Å². The van der Waals surface area contributed by atoms with Gasteiger partial charge in [-0.25, -0.2) is 8.78 Å². The Balaban J connectivity index is 3.37. The van der Waals surface area contributed by atoms with Crippen LogP contribution in [0.15, 0.2) is 6.07 Å². The van der Waals surface area contributed by atoms with Gasteiger partial charge in [0.1, 0.15) is 5.02 Å². The molecular weight excluding hydrogens is 234 g/mol. The van der Waals surface area contributed by atoms with Crippen LogP contribution < -0.4 is 4.74 Å². The van der Waals surface area contributed by atoms with Crippen molar-refractivity contribution >= 4 is 17.4 Å². The third-order valence-electron chi connectivity index (χ3n) is 1.55. The van der Waals surface area contributed by atoms with Gasteiger partial charge in [-0.2, -0.15) is 0 Å². The highest BCUT2D eigenvalue weighted by atomic mass is 35.5. The monoisotopic (exact) mass is 238 g/mol. The van der Waals surface area contributed by atoms with Crippen LogP contribution >= 0.6 is 11.6 Å². The molecule has 0 spiro atoms. The fourth-order valence-corrected chi connectivity index (χ4v) is 1.13. The lowest BCUT2D eigenvalue weighted by molar-refractivity contribution is -0.389. The van der Waals surface area contributed by atoms with Crippen LogP contribution in [0.2, 0.25) is 5.02 Å². The Hall–Kier alpha value is -1.50. The Morgan fingerprint density at radius 2 is 2.27 bits per heavy atom. The van der Waals surface area contributed by atoms with E-state index in [1.165, 1.54) is 0 Å². The van der Waals surface area contributed by atoms with Gasteiger partial charge in [-0.15, -0.1) is 0 Å². The van der Waals surface area contributed by atoms with Crippen LogP contribution in [0, 0.1) is 10.1 Å². The topological polar surface area (TPSA) is 65.3 Å². The van der Waals surface area contributed by atoms with Crippen LogP contribution in [0.3, 0.4) is 0 Å². The van der Waals surface area contributed by atoms with E-state index in [-0.39, 0.29) is 10.8 Å². The molecule has 1 aromatic rings. The van der Waals surface area contributed by atoms with Crippen molar-refractivity contribution in [1.29, 1.82) is 0 Å². The molecule has 0 N–H and O–H groups in total. The third-order valence-corrected chi connectivity index (χ3v) is 1.83. The van der Waals surface area contributed by atoms with Crippen LogP contribution in [0.4, 0.5) is 14.6 Å². The summed E-state index contributed by atoms with van der Waals surface area (Å²) >= 11 is 5.45. The molecule has 1 aromatic heterocycles. The van der Waals surface area contributed by atoms with Gasteiger partial charge in [-0.3, -0.25) is 0 Å². The minimum atomic E-state index is -2.96. The Morgan fingerprint density at radius 3 is 2.67 bits per heavy atom. The second-order valence-corrected chi connectivity index (χ2v) is 2.85. The Labute approximate surface area is 87.8 Å². The molecule has 0 saturated carbocycles. The minimum Gasteiger partial charge on any atom is -0.492 e. The molecule has 0 atom stereocenters. The van der Waals surface area contributed by atoms with E-state index in [1.807, 2.05) is 0 Å². The van der Waals surface area contributed by atoms with Crippen molar-refractivity contribution in [2.45, 2.75) is 6.43 Å². The number of ether oxygens (including phenoxy) is 1. The highest BCUT2D eigenvalue weighted by molar-refractivity contribution is 6.32. The van der Waals surface area contributed by atoms with Crippen molar-refractivity contribution in [3.05, 3.63) is 26.9 Å². The van der Waals surface area contributed by atoms with Crippen LogP contribution in [0.25, 0.3) is 0 Å². The van der Waals surface area contributed by atoms with E-state index in [1.54, 1.807) is 0 Å². The molecule has 0 amide bonds. The molecule has 0 aromatic carbocycles. The van der Waals surface area contributed by atoms with E-state index in [0.717, 1.165) is 13.2 Å². The Morgan fingerprint density at radius 1 is 1.67 bits per heavy atom. The predicted molar refractivity (Wildman–Crippen MR) is 47.4 cm³/mol. The van der Waals surface area contributed by atoms with Gasteiger partial charge in [-0.1, -0.05) is 11.6 Å². The second kappa shape index (κ2) is 4.35. The molecule has 0 aliphatic rings. The van der Waals surface area contributed by atoms with Gasteiger partial charge in [0.2, 0.25) is 0 Å². The van der Waals surface area contributed by atoms with E-state index in [9.17, 15) is 18.9 Å². The van der Waals surface area contributed by atoms with E-state index in [4.69, 9.17) is 11.6 Å². The average Bonchev–Trinajstić information content (AvgIpc) is 2.16. The zero-order valence-electron chi connectivity index (χ0n) is 7.41. The minimum absolute atomic E-state index is 0.277. The number of alkyl halides is 2. The average molecular weight is 239 g/mol. The molecule has 0 radical (unpaired) electrons. The Bertz CT molecular complexity index is 400. The van der Waals surface area contributed by atoms with Gasteiger partial charge in [-0.05, 0) is 9.91 Å². The smallest absolute Gasteiger partial charge is 0.383 e. The summed E-state index contributed by atoms with van der Waals surface area (Å²) in [5.74, 6) is -1.09. The molecule has 1 rings (SSSR count). The molecule has 0 saturated heterocycles. The zero-order valence-corrected chi connectivity index (χ0v) is 8.16. The number of hydrogen-bond donors (Lipinski definition) is 0. The van der Waals surface area contributed by atoms with Gasteiger partial charge in [0.25, 0.3) is 5.69 Å². The molecule has 5 nitrogen and oxygen atoms in total. The maximum atomic E-state index is 12.4. The van der Waals surface area contributed by atoms with Gasteiger partial charge in [0, 0.05) is 6.07 Å². The van der Waals surface area contributed by atoms with Gasteiger partial charge < -0.3 is 14.9 Å². The number of nitro groups is 1. The number of pyridine rings is 1. The first-order chi connectivity index (χ1) is 6.97. The van der Waals surface area contributed by atoms with Crippen LogP contribution in [-0.2, 0) is 0 Å². The summed E-state index contributed by atoms with van der Waals surface area (Å²) in [6, 6.07) is 0.939. The molecule has 0 fully saturated rings. The van der Waals surface area contributed by atoms with Crippen LogP contribution in [0.5, 0.6) is 5.75 Å². The van der Waals surface area contributed by atoms with E-state index in [2.05, 4.69) is 9.72 Å². The summed E-state index contributed by atoms with van der Waals surface area (Å²) in [5.41, 5.74) is -0.798. The molecule has 0 aliphatic carbocycles. The number of halogens is 3. The fourth-order valence-electron chi connectivity index (χ4n) is 0.924. The Kier molecular flexibility index (Phi) is 3.35. The summed E-state index contributed by atoms with van der Waals surface area (Å²) in [6.45, 7) is 0. The number of nitrogens with zero attached hydrogens (tertiary/aromatic N) is 2. The number of aromatic nitrogens is 1. The van der Waals surface area contributed by atoms with Gasteiger partial charge >= 0.3 is 12.2 Å². The van der Waals surface area contributed by atoms with Crippen molar-refractivity contribution in [3.63, 3.8) is 0 Å². The molecule has 0 aliphatic heterocycles. The lowest BCUT2D eigenvalue weighted by atomic mass is 10.3. The second-order valence-electron chi connectivity index (χ2n) is 2.44. The van der Waals surface area contributed by atoms with E-state index >= 15 is 0 Å². The van der Waals surface area contributed by atoms with Crippen LogP contribution in [0.1, 0.15) is 12.1 Å². The van der Waals surface area contributed by atoms with Gasteiger partial charge in [0.05, 0.1) is 7.11 Å². The van der Waals surface area contributed by atoms with Crippen molar-refractivity contribution < 1.29 is 18.4 Å². The first kappa shape index (κ1) is 11.6. The molecule has 1 heterocycles. The van der Waals surface area contributed by atoms with Gasteiger partial charge in [0.15, 0.2) is 5.75 Å². The molecule has 0 unspecified atom stereocenters. The predicted octanol–water partition coefficient (Wildman–Crippen LogP) is 2.59. The summed E-state index contributed by atoms with van der Waals surface area (Å²) < 4.78 is 29.3. The molecule has 15 heavy (non-hydrogen) atoms.